The van der Waals surface area contributed by atoms with Gasteiger partial charge in [-0.05, 0) is 43.0 Å². The van der Waals surface area contributed by atoms with Crippen LogP contribution in [0.4, 0.5) is 0 Å². The Balaban J connectivity index is 0.00000106. The van der Waals surface area contributed by atoms with Gasteiger partial charge in [-0.15, -0.1) is 0 Å². The summed E-state index contributed by atoms with van der Waals surface area (Å²) < 4.78 is 5.16. The molecule has 0 radical (unpaired) electrons. The largest absolute Gasteiger partial charge is 0.496 e. The molecule has 4 heteroatoms. The molecule has 0 saturated heterocycles. The van der Waals surface area contributed by atoms with Crippen LogP contribution in [0.3, 0.4) is 0 Å². The molecule has 0 fully saturated rings. The van der Waals surface area contributed by atoms with Gasteiger partial charge in [-0.1, -0.05) is 19.9 Å². The number of methoxy groups -OCH3 is 1. The normalized spacial score (nSPS) is 11.4. The monoisotopic (exact) mass is 242 g/mol. The summed E-state index contributed by atoms with van der Waals surface area (Å²) in [4.78, 5) is 0.950. The third-order valence-electron chi connectivity index (χ3n) is 1.91. The molecule has 0 spiro atoms. The molecule has 1 unspecified atom stereocenters. The number of hydrogen-bond donors (Lipinski definition) is 2. The molecule has 4 N–H and O–H groups in total. The fourth-order valence-corrected chi connectivity index (χ4v) is 1.80. The minimum absolute atomic E-state index is 0.166. The van der Waals surface area contributed by atoms with Crippen molar-refractivity contribution in [1.29, 1.82) is 0 Å². The van der Waals surface area contributed by atoms with Crippen molar-refractivity contribution in [3.8, 4) is 5.75 Å². The molecule has 0 saturated carbocycles. The molecular weight excluding hydrogens is 220 g/mol. The van der Waals surface area contributed by atoms with E-state index in [4.69, 9.17) is 15.6 Å². The van der Waals surface area contributed by atoms with Crippen LogP contribution in [0.5, 0.6) is 5.75 Å². The van der Waals surface area contributed by atoms with E-state index >= 15 is 0 Å². The van der Waals surface area contributed by atoms with Gasteiger partial charge in [0.2, 0.25) is 0 Å². The fraction of sp³-hybridized carbons (Fsp3) is 0.500. The molecule has 1 rings (SSSR count). The maximum absolute atomic E-state index is 5.72. The van der Waals surface area contributed by atoms with Crippen LogP contribution < -0.4 is 15.6 Å². The van der Waals surface area contributed by atoms with Gasteiger partial charge in [-0.2, -0.15) is 0 Å². The quantitative estimate of drug-likeness (QED) is 0.797. The first kappa shape index (κ1) is 15.3. The van der Waals surface area contributed by atoms with Crippen molar-refractivity contribution >= 4 is 11.9 Å². The van der Waals surface area contributed by atoms with E-state index in [0.29, 0.717) is 0 Å². The van der Waals surface area contributed by atoms with Gasteiger partial charge in [-0.3, -0.25) is 5.14 Å². The second-order valence-corrected chi connectivity index (χ2v) is 3.96. The topological polar surface area (TPSA) is 61.3 Å². The Bertz CT molecular complexity index is 303. The van der Waals surface area contributed by atoms with Crippen LogP contribution in [0.25, 0.3) is 0 Å². The van der Waals surface area contributed by atoms with Gasteiger partial charge in [-0.25, -0.2) is 0 Å². The first-order chi connectivity index (χ1) is 7.67. The average Bonchev–Trinajstić information content (AvgIpc) is 2.30. The van der Waals surface area contributed by atoms with E-state index in [9.17, 15) is 0 Å². The summed E-state index contributed by atoms with van der Waals surface area (Å²) in [6.07, 6.45) is 0.859. The Kier molecular flexibility index (Phi) is 8.07. The highest BCUT2D eigenvalue weighted by molar-refractivity contribution is 7.97. The predicted octanol–water partition coefficient (Wildman–Crippen LogP) is 2.58. The van der Waals surface area contributed by atoms with Crippen LogP contribution in [-0.2, 0) is 6.42 Å². The molecule has 0 amide bonds. The molecule has 3 nitrogen and oxygen atoms in total. The molecule has 1 atom stereocenters. The zero-order chi connectivity index (χ0) is 12.6. The fourth-order valence-electron chi connectivity index (χ4n) is 1.31. The second-order valence-electron chi connectivity index (χ2n) is 3.28. The first-order valence-corrected chi connectivity index (χ1v) is 6.34. The van der Waals surface area contributed by atoms with Crippen LogP contribution in [-0.4, -0.2) is 13.2 Å². The van der Waals surface area contributed by atoms with Gasteiger partial charge in [0, 0.05) is 6.04 Å². The molecule has 0 aliphatic carbocycles. The number of nitrogens with two attached hydrogens (primary N) is 2. The molecule has 16 heavy (non-hydrogen) atoms. The first-order valence-electron chi connectivity index (χ1n) is 5.46. The minimum Gasteiger partial charge on any atom is -0.496 e. The molecule has 1 aromatic rings. The van der Waals surface area contributed by atoms with E-state index in [1.807, 2.05) is 39.0 Å². The summed E-state index contributed by atoms with van der Waals surface area (Å²) in [7, 11) is 1.64. The highest BCUT2D eigenvalue weighted by Gasteiger charge is 2.04. The predicted molar refractivity (Wildman–Crippen MR) is 71.7 cm³/mol. The minimum atomic E-state index is 0.166. The lowest BCUT2D eigenvalue weighted by Crippen LogP contribution is -2.17. The van der Waals surface area contributed by atoms with Crippen LogP contribution in [0.2, 0.25) is 0 Å². The van der Waals surface area contributed by atoms with E-state index in [2.05, 4.69) is 0 Å². The highest BCUT2D eigenvalue weighted by Crippen LogP contribution is 2.26. The number of hydrogen-bond acceptors (Lipinski definition) is 4. The van der Waals surface area contributed by atoms with E-state index in [1.165, 1.54) is 17.5 Å². The van der Waals surface area contributed by atoms with E-state index < -0.39 is 0 Å². The summed E-state index contributed by atoms with van der Waals surface area (Å²) >= 11 is 1.20. The Labute approximate surface area is 103 Å². The van der Waals surface area contributed by atoms with Crippen LogP contribution in [0.1, 0.15) is 26.3 Å². The van der Waals surface area contributed by atoms with Crippen LogP contribution in [0, 0.1) is 0 Å². The Morgan fingerprint density at radius 1 is 1.38 bits per heavy atom. The lowest BCUT2D eigenvalue weighted by Gasteiger charge is -2.09. The molecule has 0 aliphatic rings. The van der Waals surface area contributed by atoms with E-state index in [-0.39, 0.29) is 6.04 Å². The third-order valence-corrected chi connectivity index (χ3v) is 2.49. The van der Waals surface area contributed by atoms with Crippen molar-refractivity contribution in [2.45, 2.75) is 38.1 Å². The Morgan fingerprint density at radius 3 is 2.44 bits per heavy atom. The van der Waals surface area contributed by atoms with Crippen molar-refractivity contribution in [3.05, 3.63) is 23.8 Å². The van der Waals surface area contributed by atoms with Gasteiger partial charge >= 0.3 is 0 Å². The number of rotatable bonds is 4. The Morgan fingerprint density at radius 2 is 2.00 bits per heavy atom. The molecule has 0 aliphatic heterocycles. The van der Waals surface area contributed by atoms with Crippen molar-refractivity contribution in [2.75, 3.05) is 7.11 Å². The summed E-state index contributed by atoms with van der Waals surface area (Å²) in [6, 6.07) is 6.13. The zero-order valence-electron chi connectivity index (χ0n) is 10.5. The maximum atomic E-state index is 5.72. The summed E-state index contributed by atoms with van der Waals surface area (Å²) in [5.74, 6) is 0.811. The molecular formula is C12H22N2OS. The zero-order valence-corrected chi connectivity index (χ0v) is 11.3. The second kappa shape index (κ2) is 8.44. The van der Waals surface area contributed by atoms with Crippen molar-refractivity contribution in [2.24, 2.45) is 10.9 Å². The lowest BCUT2D eigenvalue weighted by atomic mass is 10.1. The van der Waals surface area contributed by atoms with Gasteiger partial charge in [0.15, 0.2) is 0 Å². The lowest BCUT2D eigenvalue weighted by molar-refractivity contribution is 0.404. The van der Waals surface area contributed by atoms with Crippen molar-refractivity contribution < 1.29 is 4.74 Å². The molecule has 0 bridgehead atoms. The third kappa shape index (κ3) is 4.88. The number of ether oxygens (including phenoxy) is 1. The van der Waals surface area contributed by atoms with Gasteiger partial charge in [0.1, 0.15) is 5.75 Å². The van der Waals surface area contributed by atoms with Crippen molar-refractivity contribution in [3.63, 3.8) is 0 Å². The van der Waals surface area contributed by atoms with Gasteiger partial charge in [0.25, 0.3) is 0 Å². The van der Waals surface area contributed by atoms with Crippen molar-refractivity contribution in [1.82, 2.24) is 0 Å². The summed E-state index contributed by atoms with van der Waals surface area (Å²) in [5.41, 5.74) is 6.91. The SMILES string of the molecule is CC.COc1ccc(CC(C)N)cc1SN. The molecule has 0 heterocycles. The van der Waals surface area contributed by atoms with Crippen LogP contribution in [0.15, 0.2) is 23.1 Å². The summed E-state index contributed by atoms with van der Waals surface area (Å²) in [5, 5.41) is 5.53. The molecule has 92 valence electrons. The maximum Gasteiger partial charge on any atom is 0.133 e. The highest BCUT2D eigenvalue weighted by atomic mass is 32.2. The van der Waals surface area contributed by atoms with Crippen LogP contribution >= 0.6 is 11.9 Å². The smallest absolute Gasteiger partial charge is 0.133 e. The standard InChI is InChI=1S/C10H16N2OS.C2H6/c1-7(11)5-8-3-4-9(13-2)10(6-8)14-12;1-2/h3-4,6-7H,5,11-12H2,1-2H3;1-2H3. The number of benzene rings is 1. The summed E-state index contributed by atoms with van der Waals surface area (Å²) in [6.45, 7) is 5.99. The average molecular weight is 242 g/mol. The van der Waals surface area contributed by atoms with E-state index in [0.717, 1.165) is 17.1 Å². The molecule has 0 aromatic heterocycles. The Hall–Kier alpha value is -0.710. The van der Waals surface area contributed by atoms with Gasteiger partial charge < -0.3 is 10.5 Å². The van der Waals surface area contributed by atoms with E-state index in [1.54, 1.807) is 7.11 Å². The van der Waals surface area contributed by atoms with Gasteiger partial charge in [0.05, 0.1) is 12.0 Å². The molecule has 1 aromatic carbocycles.